The van der Waals surface area contributed by atoms with Gasteiger partial charge >= 0.3 is 5.97 Å². The molecule has 26 heavy (non-hydrogen) atoms. The number of benzene rings is 2. The number of halogens is 2. The third kappa shape index (κ3) is 5.58. The quantitative estimate of drug-likeness (QED) is 0.574. The van der Waals surface area contributed by atoms with Gasteiger partial charge in [0.05, 0.1) is 10.0 Å². The number of carbonyl (C=O) groups excluding carboxylic acids is 3. The van der Waals surface area contributed by atoms with Crippen molar-refractivity contribution in [2.45, 2.75) is 13.3 Å². The molecule has 0 fully saturated rings. The van der Waals surface area contributed by atoms with Gasteiger partial charge in [-0.15, -0.1) is 0 Å². The number of aryl methyl sites for hydroxylation is 1. The topological polar surface area (TPSA) is 72.5 Å². The molecule has 0 aliphatic rings. The van der Waals surface area contributed by atoms with Crippen LogP contribution < -0.4 is 5.32 Å². The lowest BCUT2D eigenvalue weighted by atomic mass is 10.1. The van der Waals surface area contributed by atoms with Crippen molar-refractivity contribution >= 4 is 40.9 Å². The number of esters is 1. The summed E-state index contributed by atoms with van der Waals surface area (Å²) in [7, 11) is 0. The van der Waals surface area contributed by atoms with Crippen LogP contribution in [0.1, 0.15) is 33.2 Å². The van der Waals surface area contributed by atoms with Crippen LogP contribution in [0.2, 0.25) is 10.0 Å². The maximum absolute atomic E-state index is 12.0. The Hall–Kier alpha value is -2.37. The van der Waals surface area contributed by atoms with Crippen LogP contribution in [0.25, 0.3) is 0 Å². The lowest BCUT2D eigenvalue weighted by molar-refractivity contribution is -0.141. The van der Waals surface area contributed by atoms with E-state index in [0.717, 1.165) is 12.0 Å². The van der Waals surface area contributed by atoms with Crippen LogP contribution in [0.4, 0.5) is 0 Å². The second-order valence-corrected chi connectivity index (χ2v) is 6.26. The zero-order chi connectivity index (χ0) is 19.1. The minimum atomic E-state index is -0.711. The number of carbonyl (C=O) groups is 3. The van der Waals surface area contributed by atoms with Crippen LogP contribution in [0.15, 0.2) is 42.5 Å². The molecule has 0 aliphatic heterocycles. The largest absolute Gasteiger partial charge is 0.456 e. The molecule has 2 aromatic rings. The van der Waals surface area contributed by atoms with Crippen LogP contribution in [-0.4, -0.2) is 30.8 Å². The molecule has 0 spiro atoms. The summed E-state index contributed by atoms with van der Waals surface area (Å²) >= 11 is 11.6. The summed E-state index contributed by atoms with van der Waals surface area (Å²) in [6.45, 7) is 1.28. The Balaban J connectivity index is 1.79. The summed E-state index contributed by atoms with van der Waals surface area (Å²) < 4.78 is 4.89. The number of amides is 1. The Morgan fingerprint density at radius 2 is 1.62 bits per heavy atom. The predicted octanol–water partition coefficient (Wildman–Crippen LogP) is 3.71. The molecule has 0 radical (unpaired) electrons. The molecular formula is C19H17Cl2NO4. The van der Waals surface area contributed by atoms with Gasteiger partial charge in [-0.2, -0.15) is 0 Å². The van der Waals surface area contributed by atoms with Crippen molar-refractivity contribution in [3.8, 4) is 0 Å². The molecule has 2 aromatic carbocycles. The smallest absolute Gasteiger partial charge is 0.325 e. The molecule has 1 N–H and O–H groups in total. The number of ether oxygens (including phenoxy) is 1. The van der Waals surface area contributed by atoms with Gasteiger partial charge in [-0.05, 0) is 30.2 Å². The lowest BCUT2D eigenvalue weighted by Crippen LogP contribution is -2.31. The number of hydrogen-bond acceptors (Lipinski definition) is 4. The van der Waals surface area contributed by atoms with Crippen LogP contribution in [0.5, 0.6) is 0 Å². The van der Waals surface area contributed by atoms with E-state index in [2.05, 4.69) is 5.32 Å². The molecule has 0 bridgehead atoms. The molecule has 2 rings (SSSR count). The molecule has 0 saturated heterocycles. The molecule has 7 heteroatoms. The second kappa shape index (κ2) is 9.36. The van der Waals surface area contributed by atoms with Gasteiger partial charge < -0.3 is 10.1 Å². The van der Waals surface area contributed by atoms with Crippen LogP contribution in [0, 0.1) is 0 Å². The SMILES string of the molecule is CCc1ccc(C(=O)COC(=O)CNC(=O)c2ccc(Cl)c(Cl)c2)cc1. The number of rotatable bonds is 7. The molecular weight excluding hydrogens is 377 g/mol. The van der Waals surface area contributed by atoms with Crippen LogP contribution >= 0.6 is 23.2 Å². The first-order chi connectivity index (χ1) is 12.4. The summed E-state index contributed by atoms with van der Waals surface area (Å²) in [6, 6.07) is 11.5. The van der Waals surface area contributed by atoms with Crippen LogP contribution in [-0.2, 0) is 16.0 Å². The van der Waals surface area contributed by atoms with E-state index in [1.165, 1.54) is 18.2 Å². The van der Waals surface area contributed by atoms with E-state index in [4.69, 9.17) is 27.9 Å². The average Bonchev–Trinajstić information content (AvgIpc) is 2.66. The van der Waals surface area contributed by atoms with E-state index in [1.54, 1.807) is 12.1 Å². The van der Waals surface area contributed by atoms with E-state index in [9.17, 15) is 14.4 Å². The molecule has 0 unspecified atom stereocenters. The third-order valence-electron chi connectivity index (χ3n) is 3.62. The maximum atomic E-state index is 12.0. The first kappa shape index (κ1) is 19.9. The summed E-state index contributed by atoms with van der Waals surface area (Å²) in [5, 5.41) is 2.96. The van der Waals surface area contributed by atoms with E-state index in [1.807, 2.05) is 19.1 Å². The normalized spacial score (nSPS) is 10.3. The van der Waals surface area contributed by atoms with Crippen molar-refractivity contribution in [3.05, 3.63) is 69.2 Å². The van der Waals surface area contributed by atoms with Gasteiger partial charge in [-0.25, -0.2) is 0 Å². The minimum Gasteiger partial charge on any atom is -0.456 e. The fourth-order valence-electron chi connectivity index (χ4n) is 2.10. The highest BCUT2D eigenvalue weighted by atomic mass is 35.5. The van der Waals surface area contributed by atoms with Gasteiger partial charge in [-0.3, -0.25) is 14.4 Å². The van der Waals surface area contributed by atoms with Crippen molar-refractivity contribution in [3.63, 3.8) is 0 Å². The third-order valence-corrected chi connectivity index (χ3v) is 4.36. The Morgan fingerprint density at radius 1 is 0.962 bits per heavy atom. The zero-order valence-corrected chi connectivity index (χ0v) is 15.6. The highest BCUT2D eigenvalue weighted by molar-refractivity contribution is 6.42. The molecule has 0 saturated carbocycles. The fraction of sp³-hybridized carbons (Fsp3) is 0.211. The summed E-state index contributed by atoms with van der Waals surface area (Å²) in [5.41, 5.74) is 1.85. The van der Waals surface area contributed by atoms with E-state index in [-0.39, 0.29) is 29.5 Å². The van der Waals surface area contributed by atoms with Crippen molar-refractivity contribution in [1.82, 2.24) is 5.32 Å². The second-order valence-electron chi connectivity index (χ2n) is 5.45. The first-order valence-corrected chi connectivity index (χ1v) is 8.67. The summed E-state index contributed by atoms with van der Waals surface area (Å²) in [5.74, 6) is -1.52. The number of ketones is 1. The molecule has 5 nitrogen and oxygen atoms in total. The highest BCUT2D eigenvalue weighted by Crippen LogP contribution is 2.22. The monoisotopic (exact) mass is 393 g/mol. The molecule has 0 atom stereocenters. The van der Waals surface area contributed by atoms with Gasteiger partial charge in [-0.1, -0.05) is 54.4 Å². The molecule has 0 aliphatic carbocycles. The first-order valence-electron chi connectivity index (χ1n) is 7.91. The van der Waals surface area contributed by atoms with Crippen molar-refractivity contribution < 1.29 is 19.1 Å². The van der Waals surface area contributed by atoms with Crippen LogP contribution in [0.3, 0.4) is 0 Å². The Morgan fingerprint density at radius 3 is 2.23 bits per heavy atom. The van der Waals surface area contributed by atoms with Gasteiger partial charge in [0.2, 0.25) is 0 Å². The Kier molecular flexibility index (Phi) is 7.18. The van der Waals surface area contributed by atoms with Gasteiger partial charge in [0.25, 0.3) is 5.91 Å². The lowest BCUT2D eigenvalue weighted by Gasteiger charge is -2.07. The van der Waals surface area contributed by atoms with Gasteiger partial charge in [0, 0.05) is 11.1 Å². The van der Waals surface area contributed by atoms with E-state index in [0.29, 0.717) is 10.6 Å². The van der Waals surface area contributed by atoms with Gasteiger partial charge in [0.15, 0.2) is 12.4 Å². The standard InChI is InChI=1S/C19H17Cl2NO4/c1-2-12-3-5-13(6-4-12)17(23)11-26-18(24)10-22-19(25)14-7-8-15(20)16(21)9-14/h3-9H,2,10-11H2,1H3,(H,22,25). The molecule has 136 valence electrons. The summed E-state index contributed by atoms with van der Waals surface area (Å²) in [6.07, 6.45) is 0.877. The molecule has 0 heterocycles. The Bertz CT molecular complexity index is 819. The minimum absolute atomic E-state index is 0.238. The maximum Gasteiger partial charge on any atom is 0.325 e. The van der Waals surface area contributed by atoms with E-state index >= 15 is 0 Å². The highest BCUT2D eigenvalue weighted by Gasteiger charge is 2.13. The predicted molar refractivity (Wildman–Crippen MR) is 99.9 cm³/mol. The van der Waals surface area contributed by atoms with E-state index < -0.39 is 11.9 Å². The number of nitrogens with one attached hydrogen (secondary N) is 1. The van der Waals surface area contributed by atoms with Gasteiger partial charge in [0.1, 0.15) is 6.54 Å². The fourth-order valence-corrected chi connectivity index (χ4v) is 2.40. The van der Waals surface area contributed by atoms with Crippen molar-refractivity contribution in [2.75, 3.05) is 13.2 Å². The summed E-state index contributed by atoms with van der Waals surface area (Å²) in [4.78, 5) is 35.6. The van der Waals surface area contributed by atoms with Crippen molar-refractivity contribution in [2.24, 2.45) is 0 Å². The number of Topliss-reactive ketones (excluding diaryl/α,β-unsaturated/α-hetero) is 1. The molecule has 0 aromatic heterocycles. The van der Waals surface area contributed by atoms with Crippen molar-refractivity contribution in [1.29, 1.82) is 0 Å². The number of hydrogen-bond donors (Lipinski definition) is 1. The zero-order valence-electron chi connectivity index (χ0n) is 14.1. The Labute approximate surface area is 161 Å². The average molecular weight is 394 g/mol. The molecule has 1 amide bonds.